The van der Waals surface area contributed by atoms with Crippen molar-refractivity contribution in [2.45, 2.75) is 61.9 Å². The lowest BCUT2D eigenvalue weighted by Gasteiger charge is -2.47. The second kappa shape index (κ2) is 8.35. The Bertz CT molecular complexity index is 1330. The first kappa shape index (κ1) is 26.7. The molecular formula is C27H23F6NS2. The van der Waals surface area contributed by atoms with E-state index in [1.165, 1.54) is 41.8 Å². The topological polar surface area (TPSA) is 23.8 Å². The lowest BCUT2D eigenvalue weighted by Crippen LogP contribution is -2.48. The highest BCUT2D eigenvalue weighted by atomic mass is 32.2. The molecule has 2 aliphatic heterocycles. The zero-order valence-electron chi connectivity index (χ0n) is 20.2. The van der Waals surface area contributed by atoms with Gasteiger partial charge in [0, 0.05) is 22.1 Å². The van der Waals surface area contributed by atoms with E-state index >= 15 is 17.6 Å². The molecule has 0 N–H and O–H groups in total. The van der Waals surface area contributed by atoms with Crippen LogP contribution in [0, 0.1) is 11.3 Å². The maximum atomic E-state index is 15.1. The van der Waals surface area contributed by atoms with Gasteiger partial charge >= 0.3 is 17.8 Å². The van der Waals surface area contributed by atoms with Gasteiger partial charge in [0.1, 0.15) is 0 Å². The van der Waals surface area contributed by atoms with E-state index in [9.17, 15) is 8.78 Å². The number of alkyl halides is 6. The zero-order chi connectivity index (χ0) is 26.9. The monoisotopic (exact) mass is 539 g/mol. The van der Waals surface area contributed by atoms with Crippen molar-refractivity contribution < 1.29 is 26.3 Å². The highest BCUT2D eigenvalue weighted by Gasteiger charge is 2.84. The predicted octanol–water partition coefficient (Wildman–Crippen LogP) is 8.84. The van der Waals surface area contributed by atoms with Crippen molar-refractivity contribution in [1.29, 1.82) is 5.26 Å². The molecule has 0 aromatic carbocycles. The fourth-order valence-electron chi connectivity index (χ4n) is 4.96. The van der Waals surface area contributed by atoms with Gasteiger partial charge in [0.05, 0.1) is 15.6 Å². The highest BCUT2D eigenvalue weighted by molar-refractivity contribution is 8.09. The molecule has 0 radical (unpaired) electrons. The summed E-state index contributed by atoms with van der Waals surface area (Å²) in [7, 11) is 0. The van der Waals surface area contributed by atoms with Gasteiger partial charge in [0.15, 0.2) is 0 Å². The number of halogens is 6. The van der Waals surface area contributed by atoms with Crippen LogP contribution in [-0.4, -0.2) is 27.3 Å². The van der Waals surface area contributed by atoms with E-state index in [0.29, 0.717) is 9.81 Å². The number of rotatable bonds is 4. The lowest BCUT2D eigenvalue weighted by atomic mass is 9.71. The number of nitrogens with zero attached hydrogens (tertiary/aromatic N) is 1. The molecule has 0 aromatic heterocycles. The van der Waals surface area contributed by atoms with Gasteiger partial charge in [-0.2, -0.15) is 31.6 Å². The van der Waals surface area contributed by atoms with Gasteiger partial charge in [-0.25, -0.2) is 0 Å². The number of allylic oxidation sites excluding steroid dienone is 13. The van der Waals surface area contributed by atoms with Crippen LogP contribution in [0.5, 0.6) is 0 Å². The molecule has 0 aromatic rings. The standard InChI is InChI=1S/C27H23F6NS2/c1-15(7-6-8-16(2)11-12-34)9-10-18-14-20-22-21(25(28,29)27(32,33)26(22,30)31)19-13-17(3)35-23(19,4)24(20,5)36-18/h6-11,13-14H,1-5H3/b8-6+,10-9+,15-7+,16-11+. The molecule has 190 valence electrons. The first-order chi connectivity index (χ1) is 16.5. The van der Waals surface area contributed by atoms with Crippen LogP contribution in [-0.2, 0) is 0 Å². The van der Waals surface area contributed by atoms with Crippen molar-refractivity contribution >= 4 is 23.5 Å². The van der Waals surface area contributed by atoms with Crippen LogP contribution >= 0.6 is 23.5 Å². The van der Waals surface area contributed by atoms with Gasteiger partial charge in [-0.3, -0.25) is 0 Å². The Morgan fingerprint density at radius 3 is 2.00 bits per heavy atom. The number of hydrogen-bond acceptors (Lipinski definition) is 3. The maximum absolute atomic E-state index is 15.1. The lowest BCUT2D eigenvalue weighted by molar-refractivity contribution is -0.258. The Morgan fingerprint density at radius 2 is 1.42 bits per heavy atom. The summed E-state index contributed by atoms with van der Waals surface area (Å²) in [4.78, 5) is 1.12. The summed E-state index contributed by atoms with van der Waals surface area (Å²) in [6.07, 6.45) is 12.8. The predicted molar refractivity (Wildman–Crippen MR) is 134 cm³/mol. The van der Waals surface area contributed by atoms with Crippen LogP contribution in [0.25, 0.3) is 0 Å². The molecule has 1 nitrogen and oxygen atoms in total. The second-order valence-corrected chi connectivity index (χ2v) is 12.7. The van der Waals surface area contributed by atoms with Crippen molar-refractivity contribution in [1.82, 2.24) is 0 Å². The summed E-state index contributed by atoms with van der Waals surface area (Å²) in [5, 5.41) is 8.66. The summed E-state index contributed by atoms with van der Waals surface area (Å²) in [5.41, 5.74) is -1.24. The molecule has 0 saturated heterocycles. The van der Waals surface area contributed by atoms with E-state index in [1.807, 2.05) is 13.0 Å². The average molecular weight is 540 g/mol. The molecule has 9 heteroatoms. The Hall–Kier alpha value is -2.31. The quantitative estimate of drug-likeness (QED) is 0.203. The number of thioether (sulfide) groups is 2. The van der Waals surface area contributed by atoms with Crippen LogP contribution in [0.2, 0.25) is 0 Å². The molecule has 4 aliphatic rings. The summed E-state index contributed by atoms with van der Waals surface area (Å²) < 4.78 is 87.0. The Labute approximate surface area is 214 Å². The van der Waals surface area contributed by atoms with Gasteiger partial charge < -0.3 is 0 Å². The average Bonchev–Trinajstić information content (AvgIpc) is 3.30. The molecule has 0 amide bonds. The Balaban J connectivity index is 1.83. The summed E-state index contributed by atoms with van der Waals surface area (Å²) in [6.45, 7) is 8.57. The molecular weight excluding hydrogens is 516 g/mol. The van der Waals surface area contributed by atoms with E-state index in [-0.39, 0.29) is 11.1 Å². The molecule has 4 rings (SSSR count). The molecule has 1 saturated carbocycles. The molecule has 2 atom stereocenters. The molecule has 0 bridgehead atoms. The van der Waals surface area contributed by atoms with Crippen LogP contribution in [0.1, 0.15) is 34.6 Å². The molecule has 2 unspecified atom stereocenters. The number of fused-ring (bicyclic) bond motifs is 4. The minimum atomic E-state index is -5.54. The van der Waals surface area contributed by atoms with Gasteiger partial charge in [-0.1, -0.05) is 29.9 Å². The van der Waals surface area contributed by atoms with Crippen molar-refractivity contribution in [2.75, 3.05) is 0 Å². The minimum Gasteiger partial charge on any atom is -0.194 e. The van der Waals surface area contributed by atoms with E-state index in [2.05, 4.69) is 0 Å². The third kappa shape index (κ3) is 3.47. The van der Waals surface area contributed by atoms with Crippen molar-refractivity contribution in [3.63, 3.8) is 0 Å². The van der Waals surface area contributed by atoms with Gasteiger partial charge in [0.25, 0.3) is 0 Å². The molecule has 2 aliphatic carbocycles. The normalized spacial score (nSPS) is 32.6. The van der Waals surface area contributed by atoms with E-state index < -0.39 is 38.4 Å². The molecule has 0 spiro atoms. The van der Waals surface area contributed by atoms with Crippen LogP contribution in [0.3, 0.4) is 0 Å². The third-order valence-electron chi connectivity index (χ3n) is 6.99. The van der Waals surface area contributed by atoms with Crippen molar-refractivity contribution in [3.8, 4) is 6.07 Å². The summed E-state index contributed by atoms with van der Waals surface area (Å²) in [6, 6.07) is 1.93. The number of nitriles is 1. The van der Waals surface area contributed by atoms with E-state index in [1.54, 1.807) is 58.1 Å². The van der Waals surface area contributed by atoms with Gasteiger partial charge in [-0.15, -0.1) is 23.5 Å². The maximum Gasteiger partial charge on any atom is 0.380 e. The van der Waals surface area contributed by atoms with Crippen LogP contribution < -0.4 is 0 Å². The molecule has 2 heterocycles. The first-order valence-electron chi connectivity index (χ1n) is 11.1. The summed E-state index contributed by atoms with van der Waals surface area (Å²) in [5.74, 6) is -15.6. The van der Waals surface area contributed by atoms with Gasteiger partial charge in [0.2, 0.25) is 0 Å². The van der Waals surface area contributed by atoms with Crippen molar-refractivity contribution in [3.05, 3.63) is 91.9 Å². The fourth-order valence-corrected chi connectivity index (χ4v) is 7.97. The zero-order valence-corrected chi connectivity index (χ0v) is 21.8. The van der Waals surface area contributed by atoms with E-state index in [0.717, 1.165) is 11.1 Å². The first-order valence-corrected chi connectivity index (χ1v) is 12.7. The second-order valence-electron chi connectivity index (χ2n) is 9.49. The van der Waals surface area contributed by atoms with Crippen LogP contribution in [0.15, 0.2) is 91.9 Å². The van der Waals surface area contributed by atoms with E-state index in [4.69, 9.17) is 5.26 Å². The molecule has 36 heavy (non-hydrogen) atoms. The smallest absolute Gasteiger partial charge is 0.194 e. The Morgan fingerprint density at radius 1 is 0.861 bits per heavy atom. The van der Waals surface area contributed by atoms with Gasteiger partial charge in [-0.05, 0) is 74.5 Å². The SMILES string of the molecule is CC1=CC2=C3C(=C4C=C(/C=C/C(C)=C/C=C/C(C)=C/C#N)SC4(C)C2(C)S1)C(F)(F)C(F)(F)C3(F)F. The fraction of sp³-hybridized carbons (Fsp3) is 0.370. The van der Waals surface area contributed by atoms with Crippen molar-refractivity contribution in [2.24, 2.45) is 0 Å². The van der Waals surface area contributed by atoms with Crippen LogP contribution in [0.4, 0.5) is 26.3 Å². The molecule has 1 fully saturated rings. The largest absolute Gasteiger partial charge is 0.380 e. The minimum absolute atomic E-state index is 0.152. The summed E-state index contributed by atoms with van der Waals surface area (Å²) >= 11 is 2.46. The third-order valence-corrected chi connectivity index (χ3v) is 10.1. The number of hydrogen-bond donors (Lipinski definition) is 0. The Kier molecular flexibility index (Phi) is 6.21. The highest BCUT2D eigenvalue weighted by Crippen LogP contribution is 2.74.